The molecule has 1 atom stereocenters. The Balaban J connectivity index is 1.73. The number of hydrogen-bond donors (Lipinski definition) is 1. The Morgan fingerprint density at radius 1 is 1.06 bits per heavy atom. The Bertz CT molecular complexity index is 1550. The van der Waals surface area contributed by atoms with Crippen molar-refractivity contribution in [1.29, 1.82) is 0 Å². The van der Waals surface area contributed by atoms with E-state index in [0.717, 1.165) is 32.5 Å². The predicted molar refractivity (Wildman–Crippen MR) is 146 cm³/mol. The third-order valence-corrected chi connectivity index (χ3v) is 8.06. The van der Waals surface area contributed by atoms with Crippen LogP contribution in [-0.4, -0.2) is 28.9 Å². The monoisotopic (exact) mass is 562 g/mol. The summed E-state index contributed by atoms with van der Waals surface area (Å²) < 4.78 is 6.83. The van der Waals surface area contributed by atoms with E-state index in [2.05, 4.69) is 15.9 Å². The van der Waals surface area contributed by atoms with Crippen molar-refractivity contribution < 1.29 is 19.4 Å². The third-order valence-electron chi connectivity index (χ3n) is 6.43. The fourth-order valence-corrected chi connectivity index (χ4v) is 6.04. The van der Waals surface area contributed by atoms with E-state index in [1.165, 1.54) is 16.2 Å². The number of aliphatic hydroxyl groups excluding tert-OH is 1. The molecule has 182 valence electrons. The molecule has 3 aromatic carbocycles. The summed E-state index contributed by atoms with van der Waals surface area (Å²) in [5.41, 5.74) is 5.10. The van der Waals surface area contributed by atoms with Crippen LogP contribution in [0.15, 0.2) is 64.6 Å². The van der Waals surface area contributed by atoms with Gasteiger partial charge in [-0.05, 0) is 83.7 Å². The average Bonchev–Trinajstić information content (AvgIpc) is 3.36. The van der Waals surface area contributed by atoms with Crippen LogP contribution in [0.25, 0.3) is 16.0 Å². The molecule has 8 heteroatoms. The molecule has 6 nitrogen and oxygen atoms in total. The molecule has 2 heterocycles. The van der Waals surface area contributed by atoms with Crippen LogP contribution in [0.1, 0.15) is 33.9 Å². The highest BCUT2D eigenvalue weighted by Gasteiger charge is 2.48. The highest BCUT2D eigenvalue weighted by molar-refractivity contribution is 9.10. The summed E-state index contributed by atoms with van der Waals surface area (Å²) in [5, 5.41) is 11.8. The molecule has 1 fully saturated rings. The number of hydrogen-bond acceptors (Lipinski definition) is 6. The summed E-state index contributed by atoms with van der Waals surface area (Å²) in [6.07, 6.45) is 0. The van der Waals surface area contributed by atoms with E-state index < -0.39 is 17.7 Å². The topological polar surface area (TPSA) is 79.7 Å². The van der Waals surface area contributed by atoms with E-state index >= 15 is 0 Å². The van der Waals surface area contributed by atoms with E-state index in [1.807, 2.05) is 57.2 Å². The molecule has 0 saturated carbocycles. The first-order valence-corrected chi connectivity index (χ1v) is 12.9. The van der Waals surface area contributed by atoms with Gasteiger partial charge in [-0.1, -0.05) is 41.2 Å². The van der Waals surface area contributed by atoms with Gasteiger partial charge in [0.25, 0.3) is 5.78 Å². The number of aromatic nitrogens is 1. The fraction of sp³-hybridized carbons (Fsp3) is 0.179. The molecule has 1 aromatic heterocycles. The number of nitrogens with zero attached hydrogens (tertiary/aromatic N) is 2. The van der Waals surface area contributed by atoms with Crippen LogP contribution in [0.2, 0.25) is 0 Å². The summed E-state index contributed by atoms with van der Waals surface area (Å²) in [5.74, 6) is -1.14. The molecule has 0 bridgehead atoms. The minimum absolute atomic E-state index is 0.0225. The molecule has 4 aromatic rings. The Hall–Kier alpha value is -3.49. The number of methoxy groups -OCH3 is 1. The van der Waals surface area contributed by atoms with Crippen molar-refractivity contribution in [3.8, 4) is 5.75 Å². The van der Waals surface area contributed by atoms with Crippen LogP contribution in [0.4, 0.5) is 5.13 Å². The number of ketones is 1. The standard InChI is InChI=1S/C28H23BrN2O4S/c1-14-6-5-7-17(10-14)24-23(25(32)18-8-9-21(35-4)19(29)13-18)26(33)27(34)31(24)28-30-20-11-15(2)16(3)12-22(20)36-28/h5-13,24,32H,1-4H3/b25-23+. The summed E-state index contributed by atoms with van der Waals surface area (Å²) >= 11 is 4.79. The van der Waals surface area contributed by atoms with Gasteiger partial charge in [0.15, 0.2) is 5.13 Å². The lowest BCUT2D eigenvalue weighted by molar-refractivity contribution is -0.132. The molecule has 0 radical (unpaired) electrons. The zero-order valence-corrected chi connectivity index (χ0v) is 22.5. The van der Waals surface area contributed by atoms with Gasteiger partial charge in [-0.3, -0.25) is 14.5 Å². The number of aliphatic hydroxyl groups is 1. The summed E-state index contributed by atoms with van der Waals surface area (Å²) in [4.78, 5) is 33.0. The van der Waals surface area contributed by atoms with Crippen LogP contribution in [0.3, 0.4) is 0 Å². The Morgan fingerprint density at radius 2 is 1.81 bits per heavy atom. The Kier molecular flexibility index (Phi) is 6.18. The maximum Gasteiger partial charge on any atom is 0.301 e. The van der Waals surface area contributed by atoms with Gasteiger partial charge in [0.1, 0.15) is 11.5 Å². The number of halogens is 1. The average molecular weight is 563 g/mol. The van der Waals surface area contributed by atoms with Crippen LogP contribution < -0.4 is 9.64 Å². The number of thiazole rings is 1. The maximum atomic E-state index is 13.5. The Morgan fingerprint density at radius 3 is 2.50 bits per heavy atom. The zero-order chi connectivity index (χ0) is 25.7. The summed E-state index contributed by atoms with van der Waals surface area (Å²) in [7, 11) is 1.55. The number of rotatable bonds is 4. The Labute approximate surface area is 221 Å². The minimum atomic E-state index is -0.825. The lowest BCUT2D eigenvalue weighted by Crippen LogP contribution is -2.29. The SMILES string of the molecule is COc1ccc(/C(O)=C2\C(=O)C(=O)N(c3nc4cc(C)c(C)cc4s3)C2c2cccc(C)c2)cc1Br. The predicted octanol–water partition coefficient (Wildman–Crippen LogP) is 6.62. The van der Waals surface area contributed by atoms with E-state index in [9.17, 15) is 14.7 Å². The number of fused-ring (bicyclic) bond motifs is 1. The molecule has 5 rings (SSSR count). The first-order chi connectivity index (χ1) is 17.2. The van der Waals surface area contributed by atoms with Gasteiger partial charge in [0.2, 0.25) is 0 Å². The lowest BCUT2D eigenvalue weighted by atomic mass is 9.94. The molecular formula is C28H23BrN2O4S. The number of aryl methyl sites for hydroxylation is 3. The van der Waals surface area contributed by atoms with Gasteiger partial charge in [0.05, 0.1) is 33.4 Å². The zero-order valence-electron chi connectivity index (χ0n) is 20.1. The van der Waals surface area contributed by atoms with Crippen LogP contribution >= 0.6 is 27.3 Å². The first kappa shape index (κ1) is 24.2. The number of amides is 1. The molecule has 1 aliphatic heterocycles. The quantitative estimate of drug-likeness (QED) is 0.172. The minimum Gasteiger partial charge on any atom is -0.507 e. The smallest absolute Gasteiger partial charge is 0.301 e. The summed E-state index contributed by atoms with van der Waals surface area (Å²) in [6, 6.07) is 15.8. The molecule has 36 heavy (non-hydrogen) atoms. The molecule has 1 amide bonds. The van der Waals surface area contributed by atoms with Crippen molar-refractivity contribution in [3.63, 3.8) is 0 Å². The van der Waals surface area contributed by atoms with E-state index in [4.69, 9.17) is 9.72 Å². The molecule has 1 unspecified atom stereocenters. The number of benzene rings is 3. The van der Waals surface area contributed by atoms with E-state index in [-0.39, 0.29) is 11.3 Å². The highest BCUT2D eigenvalue weighted by atomic mass is 79.9. The van der Waals surface area contributed by atoms with Crippen molar-refractivity contribution in [2.24, 2.45) is 0 Å². The van der Waals surface area contributed by atoms with Gasteiger partial charge < -0.3 is 9.84 Å². The largest absolute Gasteiger partial charge is 0.507 e. The van der Waals surface area contributed by atoms with Crippen LogP contribution in [-0.2, 0) is 9.59 Å². The summed E-state index contributed by atoms with van der Waals surface area (Å²) in [6.45, 7) is 5.99. The number of anilines is 1. The van der Waals surface area contributed by atoms with Crippen molar-refractivity contribution in [1.82, 2.24) is 4.98 Å². The van der Waals surface area contributed by atoms with Crippen molar-refractivity contribution >= 4 is 60.1 Å². The van der Waals surface area contributed by atoms with E-state index in [0.29, 0.717) is 20.9 Å². The van der Waals surface area contributed by atoms with Gasteiger partial charge in [-0.2, -0.15) is 0 Å². The maximum absolute atomic E-state index is 13.5. The number of Topliss-reactive ketones (excluding diaryl/α,β-unsaturated/α-hetero) is 1. The normalized spacial score (nSPS) is 17.2. The number of carbonyl (C=O) groups is 2. The molecule has 0 spiro atoms. The molecule has 1 N–H and O–H groups in total. The number of carbonyl (C=O) groups excluding carboxylic acids is 2. The first-order valence-electron chi connectivity index (χ1n) is 11.3. The van der Waals surface area contributed by atoms with Crippen molar-refractivity contribution in [3.05, 3.63) is 92.5 Å². The highest BCUT2D eigenvalue weighted by Crippen LogP contribution is 2.45. The van der Waals surface area contributed by atoms with Crippen molar-refractivity contribution in [2.45, 2.75) is 26.8 Å². The number of ether oxygens (including phenoxy) is 1. The van der Waals surface area contributed by atoms with Gasteiger partial charge in [0, 0.05) is 5.56 Å². The second-order valence-corrected chi connectivity index (χ2v) is 10.7. The van der Waals surface area contributed by atoms with Crippen LogP contribution in [0, 0.1) is 20.8 Å². The molecular weight excluding hydrogens is 540 g/mol. The molecule has 1 aliphatic rings. The van der Waals surface area contributed by atoms with Crippen LogP contribution in [0.5, 0.6) is 5.75 Å². The second kappa shape index (κ2) is 9.19. The van der Waals surface area contributed by atoms with E-state index in [1.54, 1.807) is 25.3 Å². The van der Waals surface area contributed by atoms with Crippen molar-refractivity contribution in [2.75, 3.05) is 12.0 Å². The van der Waals surface area contributed by atoms with Gasteiger partial charge in [-0.15, -0.1) is 0 Å². The second-order valence-electron chi connectivity index (χ2n) is 8.83. The molecule has 0 aliphatic carbocycles. The van der Waals surface area contributed by atoms with Gasteiger partial charge in [-0.25, -0.2) is 4.98 Å². The third kappa shape index (κ3) is 4.00. The lowest BCUT2D eigenvalue weighted by Gasteiger charge is -2.23. The fourth-order valence-electron chi connectivity index (χ4n) is 4.43. The molecule has 1 saturated heterocycles. The van der Waals surface area contributed by atoms with Gasteiger partial charge >= 0.3 is 5.91 Å².